The van der Waals surface area contributed by atoms with E-state index in [-0.39, 0.29) is 5.82 Å². The molecular weight excluding hydrogens is 293 g/mol. The van der Waals surface area contributed by atoms with Gasteiger partial charge in [-0.2, -0.15) is 0 Å². The quantitative estimate of drug-likeness (QED) is 0.778. The Balaban J connectivity index is 2.69. The molecule has 102 valence electrons. The Morgan fingerprint density at radius 3 is 2.56 bits per heavy atom. The average Bonchev–Trinajstić information content (AvgIpc) is 2.27. The zero-order valence-electron chi connectivity index (χ0n) is 11.5. The van der Waals surface area contributed by atoms with E-state index < -0.39 is 0 Å². The van der Waals surface area contributed by atoms with Crippen molar-refractivity contribution < 1.29 is 4.39 Å². The largest absolute Gasteiger partial charge is 0.314 e. The molecule has 0 saturated heterocycles. The lowest BCUT2D eigenvalue weighted by molar-refractivity contribution is 0.397. The summed E-state index contributed by atoms with van der Waals surface area (Å²) >= 11 is 3.35. The lowest BCUT2D eigenvalue weighted by atomic mass is 9.94. The Bertz CT molecular complexity index is 347. The maximum Gasteiger partial charge on any atom is 0.124 e. The van der Waals surface area contributed by atoms with Crippen LogP contribution in [0.1, 0.15) is 39.2 Å². The minimum Gasteiger partial charge on any atom is -0.314 e. The molecule has 2 unspecified atom stereocenters. The Morgan fingerprint density at radius 2 is 2.00 bits per heavy atom. The van der Waals surface area contributed by atoms with Crippen molar-refractivity contribution in [2.75, 3.05) is 6.54 Å². The predicted molar refractivity (Wildman–Crippen MR) is 79.3 cm³/mol. The van der Waals surface area contributed by atoms with Crippen LogP contribution >= 0.6 is 15.9 Å². The fraction of sp³-hybridized carbons (Fsp3) is 0.600. The first-order chi connectivity index (χ1) is 8.55. The molecule has 0 spiro atoms. The van der Waals surface area contributed by atoms with Crippen LogP contribution < -0.4 is 5.32 Å². The first-order valence-corrected chi connectivity index (χ1v) is 7.52. The van der Waals surface area contributed by atoms with Crippen molar-refractivity contribution >= 4 is 15.9 Å². The Labute approximate surface area is 118 Å². The van der Waals surface area contributed by atoms with Crippen molar-refractivity contribution in [3.8, 4) is 0 Å². The van der Waals surface area contributed by atoms with Gasteiger partial charge in [-0.25, -0.2) is 4.39 Å². The van der Waals surface area contributed by atoms with Crippen LogP contribution in [-0.4, -0.2) is 12.6 Å². The van der Waals surface area contributed by atoms with Gasteiger partial charge in [0.1, 0.15) is 5.82 Å². The topological polar surface area (TPSA) is 12.0 Å². The Kier molecular flexibility index (Phi) is 6.87. The molecule has 1 aromatic carbocycles. The minimum absolute atomic E-state index is 0.168. The molecule has 1 N–H and O–H groups in total. The summed E-state index contributed by atoms with van der Waals surface area (Å²) in [7, 11) is 0. The Hall–Kier alpha value is -0.410. The predicted octanol–water partition coefficient (Wildman–Crippen LogP) is 4.55. The molecule has 0 aliphatic carbocycles. The van der Waals surface area contributed by atoms with Crippen LogP contribution in [-0.2, 0) is 6.42 Å². The van der Waals surface area contributed by atoms with E-state index in [0.29, 0.717) is 12.0 Å². The van der Waals surface area contributed by atoms with Crippen LogP contribution in [0, 0.1) is 11.7 Å². The van der Waals surface area contributed by atoms with Gasteiger partial charge in [-0.1, -0.05) is 43.1 Å². The lowest BCUT2D eigenvalue weighted by Gasteiger charge is -2.21. The first-order valence-electron chi connectivity index (χ1n) is 6.73. The molecule has 3 heteroatoms. The van der Waals surface area contributed by atoms with Crippen LogP contribution in [0.25, 0.3) is 0 Å². The van der Waals surface area contributed by atoms with Crippen LogP contribution in [0.3, 0.4) is 0 Å². The summed E-state index contributed by atoms with van der Waals surface area (Å²) in [5, 5.41) is 3.50. The summed E-state index contributed by atoms with van der Waals surface area (Å²) < 4.78 is 14.2. The standard InChI is InChI=1S/C15H23BrFN/c1-4-11(3)6-15(18-5-2)9-12-7-13(16)10-14(17)8-12/h7-8,10-11,15,18H,4-6,9H2,1-3H3. The SMILES string of the molecule is CCNC(Cc1cc(F)cc(Br)c1)CC(C)CC. The third-order valence-electron chi connectivity index (χ3n) is 3.28. The van der Waals surface area contributed by atoms with Crippen molar-refractivity contribution in [2.45, 2.75) is 46.1 Å². The minimum atomic E-state index is -0.168. The number of rotatable bonds is 7. The second-order valence-electron chi connectivity index (χ2n) is 4.99. The molecule has 0 aromatic heterocycles. The smallest absolute Gasteiger partial charge is 0.124 e. The Morgan fingerprint density at radius 1 is 1.28 bits per heavy atom. The number of benzene rings is 1. The average molecular weight is 316 g/mol. The molecule has 0 amide bonds. The van der Waals surface area contributed by atoms with Crippen LogP contribution in [0.2, 0.25) is 0 Å². The number of hydrogen-bond acceptors (Lipinski definition) is 1. The van der Waals surface area contributed by atoms with E-state index in [4.69, 9.17) is 0 Å². The number of halogens is 2. The van der Waals surface area contributed by atoms with Gasteiger partial charge >= 0.3 is 0 Å². The molecule has 0 aliphatic rings. The highest BCUT2D eigenvalue weighted by Gasteiger charge is 2.12. The fourth-order valence-electron chi connectivity index (χ4n) is 2.19. The molecule has 0 fully saturated rings. The van der Waals surface area contributed by atoms with Crippen LogP contribution in [0.4, 0.5) is 4.39 Å². The van der Waals surface area contributed by atoms with Gasteiger partial charge in [0.25, 0.3) is 0 Å². The van der Waals surface area contributed by atoms with E-state index in [1.165, 1.54) is 12.5 Å². The van der Waals surface area contributed by atoms with Gasteiger partial charge in [-0.3, -0.25) is 0 Å². The zero-order valence-corrected chi connectivity index (χ0v) is 13.1. The fourth-order valence-corrected chi connectivity index (χ4v) is 2.71. The maximum absolute atomic E-state index is 13.3. The number of likely N-dealkylation sites (N-methyl/N-ethyl adjacent to an activating group) is 1. The van der Waals surface area contributed by atoms with Crippen molar-refractivity contribution in [1.29, 1.82) is 0 Å². The van der Waals surface area contributed by atoms with Gasteiger partial charge in [0.2, 0.25) is 0 Å². The van der Waals surface area contributed by atoms with Crippen molar-refractivity contribution in [3.63, 3.8) is 0 Å². The molecule has 0 saturated carbocycles. The highest BCUT2D eigenvalue weighted by Crippen LogP contribution is 2.19. The highest BCUT2D eigenvalue weighted by molar-refractivity contribution is 9.10. The summed E-state index contributed by atoms with van der Waals surface area (Å²) in [5.41, 5.74) is 1.05. The molecule has 0 aliphatic heterocycles. The van der Waals surface area contributed by atoms with E-state index >= 15 is 0 Å². The molecule has 1 nitrogen and oxygen atoms in total. The monoisotopic (exact) mass is 315 g/mol. The van der Waals surface area contributed by atoms with Gasteiger partial charge in [0.05, 0.1) is 0 Å². The third-order valence-corrected chi connectivity index (χ3v) is 3.74. The molecule has 2 atom stereocenters. The summed E-state index contributed by atoms with van der Waals surface area (Å²) in [5.74, 6) is 0.532. The summed E-state index contributed by atoms with van der Waals surface area (Å²) in [4.78, 5) is 0. The van der Waals surface area contributed by atoms with Crippen LogP contribution in [0.5, 0.6) is 0 Å². The molecule has 1 rings (SSSR count). The van der Waals surface area contributed by atoms with Gasteiger partial charge in [0.15, 0.2) is 0 Å². The first kappa shape index (κ1) is 15.6. The summed E-state index contributed by atoms with van der Waals surface area (Å²) in [6.45, 7) is 7.56. The highest BCUT2D eigenvalue weighted by atomic mass is 79.9. The van der Waals surface area contributed by atoms with E-state index in [2.05, 4.69) is 42.0 Å². The number of hydrogen-bond donors (Lipinski definition) is 1. The second kappa shape index (κ2) is 7.90. The van der Waals surface area contributed by atoms with Crippen LogP contribution in [0.15, 0.2) is 22.7 Å². The molecule has 0 bridgehead atoms. The maximum atomic E-state index is 13.3. The van der Waals surface area contributed by atoms with Crippen molar-refractivity contribution in [3.05, 3.63) is 34.1 Å². The number of nitrogens with one attached hydrogen (secondary N) is 1. The van der Waals surface area contributed by atoms with Crippen molar-refractivity contribution in [1.82, 2.24) is 5.32 Å². The van der Waals surface area contributed by atoms with E-state index in [0.717, 1.165) is 29.4 Å². The summed E-state index contributed by atoms with van der Waals surface area (Å²) in [6.07, 6.45) is 3.21. The second-order valence-corrected chi connectivity index (χ2v) is 5.90. The van der Waals surface area contributed by atoms with Gasteiger partial charge in [0, 0.05) is 10.5 Å². The van der Waals surface area contributed by atoms with Crippen molar-refractivity contribution in [2.24, 2.45) is 5.92 Å². The summed E-state index contributed by atoms with van der Waals surface area (Å²) in [6, 6.07) is 5.56. The molecule has 18 heavy (non-hydrogen) atoms. The molecule has 0 heterocycles. The van der Waals surface area contributed by atoms with Gasteiger partial charge in [-0.15, -0.1) is 0 Å². The van der Waals surface area contributed by atoms with Gasteiger partial charge in [-0.05, 0) is 49.1 Å². The molecule has 0 radical (unpaired) electrons. The lowest BCUT2D eigenvalue weighted by Crippen LogP contribution is -2.32. The molecular formula is C15H23BrFN. The van der Waals surface area contributed by atoms with E-state index in [1.54, 1.807) is 6.07 Å². The van der Waals surface area contributed by atoms with E-state index in [1.807, 2.05) is 6.07 Å². The third kappa shape index (κ3) is 5.49. The normalized spacial score (nSPS) is 14.5. The van der Waals surface area contributed by atoms with Gasteiger partial charge < -0.3 is 5.32 Å². The zero-order chi connectivity index (χ0) is 13.5. The van der Waals surface area contributed by atoms with E-state index in [9.17, 15) is 4.39 Å². The molecule has 1 aromatic rings.